The van der Waals surface area contributed by atoms with Gasteiger partial charge < -0.3 is 16.0 Å². The second-order valence-electron chi connectivity index (χ2n) is 6.23. The molecule has 0 amide bonds. The Morgan fingerprint density at radius 1 is 0.968 bits per heavy atom. The molecule has 0 bridgehead atoms. The highest BCUT2D eigenvalue weighted by Crippen LogP contribution is 2.27. The molecule has 18 heteroatoms. The molecule has 1 aromatic carbocycles. The first kappa shape index (κ1) is 23.0. The van der Waals surface area contributed by atoms with E-state index in [0.717, 1.165) is 18.2 Å². The summed E-state index contributed by atoms with van der Waals surface area (Å²) >= 11 is 0. The Morgan fingerprint density at radius 2 is 1.61 bits per heavy atom. The molecule has 0 saturated carbocycles. The molecule has 1 aliphatic rings. The summed E-state index contributed by atoms with van der Waals surface area (Å²) in [4.78, 5) is 12.1. The maximum atomic E-state index is 11.6. The van der Waals surface area contributed by atoms with E-state index >= 15 is 0 Å². The second kappa shape index (κ2) is 8.48. The summed E-state index contributed by atoms with van der Waals surface area (Å²) in [6.07, 6.45) is 0. The van der Waals surface area contributed by atoms with Crippen LogP contribution in [0.4, 0.5) is 23.5 Å². The Bertz CT molecular complexity index is 1280. The van der Waals surface area contributed by atoms with Crippen LogP contribution in [0.25, 0.3) is 0 Å². The smallest absolute Gasteiger partial charge is 0.296 e. The molecule has 2 aromatic rings. The van der Waals surface area contributed by atoms with Gasteiger partial charge in [-0.2, -0.15) is 31.8 Å². The summed E-state index contributed by atoms with van der Waals surface area (Å²) < 4.78 is 88.0. The van der Waals surface area contributed by atoms with E-state index in [-0.39, 0.29) is 44.0 Å². The highest BCUT2D eigenvalue weighted by atomic mass is 32.2. The quantitative estimate of drug-likeness (QED) is 0.223. The lowest BCUT2D eigenvalue weighted by atomic mass is 10.3. The number of piperazine rings is 1. The molecule has 2 heterocycles. The van der Waals surface area contributed by atoms with Gasteiger partial charge in [-0.3, -0.25) is 9.11 Å². The number of aromatic nitrogens is 3. The zero-order valence-corrected chi connectivity index (χ0v) is 18.0. The van der Waals surface area contributed by atoms with Crippen LogP contribution >= 0.6 is 0 Å². The number of rotatable bonds is 6. The minimum Gasteiger partial charge on any atom is -0.368 e. The van der Waals surface area contributed by atoms with E-state index in [9.17, 15) is 34.4 Å². The Labute approximate surface area is 178 Å². The summed E-state index contributed by atoms with van der Waals surface area (Å²) in [5.41, 5.74) is 5.24. The molecule has 31 heavy (non-hydrogen) atoms. The van der Waals surface area contributed by atoms with Crippen LogP contribution in [0, 0.1) is 0 Å². The molecule has 1 aromatic heterocycles. The van der Waals surface area contributed by atoms with Crippen molar-refractivity contribution in [3.63, 3.8) is 0 Å². The van der Waals surface area contributed by atoms with E-state index in [1.165, 1.54) is 4.31 Å². The van der Waals surface area contributed by atoms with Gasteiger partial charge in [0.1, 0.15) is 4.90 Å². The number of hydrogen-bond donors (Lipinski definition) is 5. The largest absolute Gasteiger partial charge is 0.368 e. The van der Waals surface area contributed by atoms with E-state index in [2.05, 4.69) is 20.3 Å². The summed E-state index contributed by atoms with van der Waals surface area (Å²) in [5.74, 6) is -0.475. The van der Waals surface area contributed by atoms with Crippen LogP contribution in [0.2, 0.25) is 0 Å². The fraction of sp³-hybridized carbons (Fsp3) is 0.308. The average molecular weight is 496 g/mol. The van der Waals surface area contributed by atoms with E-state index in [4.69, 9.17) is 5.73 Å². The fourth-order valence-corrected chi connectivity index (χ4v) is 4.39. The Hall–Kier alpha value is -2.64. The Balaban J connectivity index is 1.96. The van der Waals surface area contributed by atoms with Crippen LogP contribution in [-0.4, -0.2) is 79.8 Å². The lowest BCUT2D eigenvalue weighted by Crippen LogP contribution is -2.46. The van der Waals surface area contributed by atoms with Gasteiger partial charge in [0, 0.05) is 26.2 Å². The summed E-state index contributed by atoms with van der Waals surface area (Å²) in [6.45, 7) is 0.883. The van der Waals surface area contributed by atoms with Gasteiger partial charge in [-0.1, -0.05) is 0 Å². The van der Waals surface area contributed by atoms with Crippen molar-refractivity contribution in [2.75, 3.05) is 42.1 Å². The number of nitrogens with one attached hydrogen (secondary N) is 1. The monoisotopic (exact) mass is 495 g/mol. The van der Waals surface area contributed by atoms with Gasteiger partial charge in [0.2, 0.25) is 28.7 Å². The van der Waals surface area contributed by atoms with Gasteiger partial charge in [0.25, 0.3) is 20.2 Å². The normalized spacial score (nSPS) is 15.9. The minimum absolute atomic E-state index is 0.0649. The Kier molecular flexibility index (Phi) is 6.30. The number of nitrogens with zero attached hydrogens (tertiary/aromatic N) is 5. The van der Waals surface area contributed by atoms with Crippen LogP contribution < -0.4 is 16.0 Å². The van der Waals surface area contributed by atoms with Gasteiger partial charge in [0.05, 0.1) is 10.6 Å². The molecular formula is C13H17N7O8S3. The zero-order chi connectivity index (χ0) is 23.0. The van der Waals surface area contributed by atoms with Crippen LogP contribution in [0.5, 0.6) is 0 Å². The standard InChI is InChI=1S/C13H17N7O8S3/c14-11-16-12(18-13(17-11)19-3-5-20(6-4-19)29(21)22)15-9-7-8(30(23,24)25)1-2-10(9)31(26,27)28/h1-2,7,29H,3-6H2,(H,23,24,25)(H,26,27,28)(H3,14,15,16,17,18). The minimum atomic E-state index is -4.79. The van der Waals surface area contributed by atoms with Crippen LogP contribution in [-0.2, 0) is 31.1 Å². The maximum absolute atomic E-state index is 11.6. The number of benzene rings is 1. The molecule has 1 saturated heterocycles. The molecule has 170 valence electrons. The van der Waals surface area contributed by atoms with Gasteiger partial charge >= 0.3 is 0 Å². The van der Waals surface area contributed by atoms with Crippen molar-refractivity contribution in [2.45, 2.75) is 9.79 Å². The van der Waals surface area contributed by atoms with Gasteiger partial charge in [-0.05, 0) is 18.2 Å². The first-order chi connectivity index (χ1) is 14.3. The number of hydrogen-bond acceptors (Lipinski definition) is 12. The predicted molar refractivity (Wildman–Crippen MR) is 108 cm³/mol. The molecule has 1 fully saturated rings. The molecule has 5 N–H and O–H groups in total. The molecule has 0 unspecified atom stereocenters. The fourth-order valence-electron chi connectivity index (χ4n) is 2.75. The predicted octanol–water partition coefficient (Wildman–Crippen LogP) is -1.66. The molecule has 3 rings (SSSR count). The lowest BCUT2D eigenvalue weighted by molar-refractivity contribution is 0.394. The number of anilines is 4. The van der Waals surface area contributed by atoms with Crippen molar-refractivity contribution in [1.29, 1.82) is 0 Å². The molecule has 0 radical (unpaired) electrons. The third kappa shape index (κ3) is 5.54. The summed E-state index contributed by atoms with van der Waals surface area (Å²) in [5, 5.41) is 2.45. The van der Waals surface area contributed by atoms with Crippen molar-refractivity contribution in [2.24, 2.45) is 0 Å². The molecular weight excluding hydrogens is 478 g/mol. The maximum Gasteiger partial charge on any atom is 0.296 e. The second-order valence-corrected chi connectivity index (χ2v) is 10.1. The van der Waals surface area contributed by atoms with Crippen LogP contribution in [0.3, 0.4) is 0 Å². The summed E-state index contributed by atoms with van der Waals surface area (Å²) in [7, 11) is -12.2. The molecule has 0 atom stereocenters. The topological polar surface area (TPSA) is 226 Å². The van der Waals surface area contributed by atoms with Crippen molar-refractivity contribution >= 4 is 54.7 Å². The SMILES string of the molecule is Nc1nc(Nc2cc(S(=O)(=O)O)ccc2S(=O)(=O)O)nc(N2CCN([SH](=O)=O)CC2)n1. The van der Waals surface area contributed by atoms with Crippen molar-refractivity contribution in [3.05, 3.63) is 18.2 Å². The van der Waals surface area contributed by atoms with Crippen LogP contribution in [0.1, 0.15) is 0 Å². The molecule has 0 aliphatic carbocycles. The van der Waals surface area contributed by atoms with Crippen LogP contribution in [0.15, 0.2) is 28.0 Å². The molecule has 0 spiro atoms. The summed E-state index contributed by atoms with van der Waals surface area (Å²) in [6, 6.07) is 2.33. The highest BCUT2D eigenvalue weighted by molar-refractivity contribution is 7.86. The first-order valence-corrected chi connectivity index (χ1v) is 12.4. The van der Waals surface area contributed by atoms with E-state index in [1.807, 2.05) is 0 Å². The average Bonchev–Trinajstić information content (AvgIpc) is 2.66. The Morgan fingerprint density at radius 3 is 2.16 bits per heavy atom. The van der Waals surface area contributed by atoms with Crippen molar-refractivity contribution < 1.29 is 34.4 Å². The van der Waals surface area contributed by atoms with E-state index in [1.54, 1.807) is 4.90 Å². The third-order valence-corrected chi connectivity index (χ3v) is 6.81. The van der Waals surface area contributed by atoms with Crippen molar-refractivity contribution in [1.82, 2.24) is 19.3 Å². The lowest BCUT2D eigenvalue weighted by Gasteiger charge is -2.31. The van der Waals surface area contributed by atoms with Crippen molar-refractivity contribution in [3.8, 4) is 0 Å². The van der Waals surface area contributed by atoms with Gasteiger partial charge in [-0.15, -0.1) is 0 Å². The third-order valence-electron chi connectivity index (χ3n) is 4.18. The van der Waals surface area contributed by atoms with E-state index < -0.39 is 46.6 Å². The van der Waals surface area contributed by atoms with Gasteiger partial charge in [-0.25, -0.2) is 12.7 Å². The number of thiol groups is 1. The number of nitrogen functional groups attached to an aromatic ring is 1. The van der Waals surface area contributed by atoms with E-state index in [0.29, 0.717) is 0 Å². The zero-order valence-electron chi connectivity index (χ0n) is 15.5. The first-order valence-electron chi connectivity index (χ1n) is 8.36. The highest BCUT2D eigenvalue weighted by Gasteiger charge is 2.23. The molecule has 1 aliphatic heterocycles. The van der Waals surface area contributed by atoms with Gasteiger partial charge in [0.15, 0.2) is 0 Å². The number of nitrogens with two attached hydrogens (primary N) is 1. The molecule has 15 nitrogen and oxygen atoms in total.